The molecule has 0 spiro atoms. The molecule has 0 aliphatic heterocycles. The van der Waals surface area contributed by atoms with Crippen molar-refractivity contribution >= 4 is 0 Å². The second kappa shape index (κ2) is 5.88. The molecule has 4 nitrogen and oxygen atoms in total. The molecule has 0 fully saturated rings. The molecule has 2 aromatic rings. The minimum Gasteiger partial charge on any atom is -0.339 e. The van der Waals surface area contributed by atoms with E-state index in [1.165, 1.54) is 18.2 Å². The molecule has 0 bridgehead atoms. The second-order valence-electron chi connectivity index (χ2n) is 4.38. The molecule has 0 amide bonds. The fourth-order valence-electron chi connectivity index (χ4n) is 1.67. The smallest absolute Gasteiger partial charge is 0.231 e. The van der Waals surface area contributed by atoms with E-state index in [2.05, 4.69) is 15.5 Å². The summed E-state index contributed by atoms with van der Waals surface area (Å²) in [5.74, 6) is -0.484. The van der Waals surface area contributed by atoms with Crippen LogP contribution in [0.2, 0.25) is 0 Å². The molecule has 19 heavy (non-hydrogen) atoms. The highest BCUT2D eigenvalue weighted by Gasteiger charge is 2.14. The summed E-state index contributed by atoms with van der Waals surface area (Å²) >= 11 is 0. The van der Waals surface area contributed by atoms with Gasteiger partial charge in [0.2, 0.25) is 5.89 Å². The van der Waals surface area contributed by atoms with Crippen LogP contribution in [0.15, 0.2) is 22.7 Å². The SMILES string of the molecule is CNC(C)Cc1noc(Cc2c(F)cccc2F)n1. The molecular formula is C13H15F2N3O. The molecule has 0 saturated heterocycles. The third kappa shape index (κ3) is 3.35. The first-order chi connectivity index (χ1) is 9.10. The third-order valence-electron chi connectivity index (χ3n) is 2.88. The van der Waals surface area contributed by atoms with Crippen molar-refractivity contribution in [3.63, 3.8) is 0 Å². The Kier molecular flexibility index (Phi) is 4.21. The van der Waals surface area contributed by atoms with Gasteiger partial charge in [-0.05, 0) is 26.1 Å². The van der Waals surface area contributed by atoms with Crippen molar-refractivity contribution in [2.24, 2.45) is 0 Å². The maximum absolute atomic E-state index is 13.5. The van der Waals surface area contributed by atoms with Gasteiger partial charge in [0.05, 0.1) is 6.42 Å². The van der Waals surface area contributed by atoms with E-state index in [1.807, 2.05) is 14.0 Å². The Morgan fingerprint density at radius 1 is 1.32 bits per heavy atom. The number of nitrogens with zero attached hydrogens (tertiary/aromatic N) is 2. The van der Waals surface area contributed by atoms with Crippen LogP contribution in [0.5, 0.6) is 0 Å². The minimum atomic E-state index is -0.608. The molecule has 6 heteroatoms. The quantitative estimate of drug-likeness (QED) is 0.901. The maximum Gasteiger partial charge on any atom is 0.231 e. The zero-order valence-corrected chi connectivity index (χ0v) is 10.8. The monoisotopic (exact) mass is 267 g/mol. The van der Waals surface area contributed by atoms with Crippen molar-refractivity contribution in [3.05, 3.63) is 47.1 Å². The van der Waals surface area contributed by atoms with E-state index in [0.717, 1.165) is 0 Å². The van der Waals surface area contributed by atoms with Crippen LogP contribution in [-0.4, -0.2) is 23.2 Å². The van der Waals surface area contributed by atoms with Crippen molar-refractivity contribution in [1.29, 1.82) is 0 Å². The molecule has 2 rings (SSSR count). The van der Waals surface area contributed by atoms with Crippen LogP contribution in [0, 0.1) is 11.6 Å². The van der Waals surface area contributed by atoms with E-state index in [9.17, 15) is 8.78 Å². The largest absolute Gasteiger partial charge is 0.339 e. The number of aromatic nitrogens is 2. The Labute approximate surface area is 109 Å². The first-order valence-corrected chi connectivity index (χ1v) is 6.01. The number of hydrogen-bond acceptors (Lipinski definition) is 4. The van der Waals surface area contributed by atoms with Gasteiger partial charge in [0.1, 0.15) is 11.6 Å². The molecule has 0 radical (unpaired) electrons. The standard InChI is InChI=1S/C13H15F2N3O/c1-8(16-2)6-12-17-13(19-18-12)7-9-10(14)4-3-5-11(9)15/h3-5,8,16H,6-7H2,1-2H3. The second-order valence-corrected chi connectivity index (χ2v) is 4.38. The lowest BCUT2D eigenvalue weighted by Crippen LogP contribution is -2.24. The van der Waals surface area contributed by atoms with Crippen LogP contribution in [0.3, 0.4) is 0 Å². The molecular weight excluding hydrogens is 252 g/mol. The van der Waals surface area contributed by atoms with Crippen molar-refractivity contribution in [2.75, 3.05) is 7.05 Å². The minimum absolute atomic E-state index is 0.0422. The summed E-state index contributed by atoms with van der Waals surface area (Å²) in [5, 5.41) is 6.84. The molecule has 0 saturated carbocycles. The molecule has 1 aromatic heterocycles. The van der Waals surface area contributed by atoms with Gasteiger partial charge in [-0.15, -0.1) is 0 Å². The average Bonchev–Trinajstić information content (AvgIpc) is 2.81. The fourth-order valence-corrected chi connectivity index (χ4v) is 1.67. The molecule has 1 atom stereocenters. The lowest BCUT2D eigenvalue weighted by atomic mass is 10.1. The van der Waals surface area contributed by atoms with E-state index in [4.69, 9.17) is 4.52 Å². The molecule has 1 N–H and O–H groups in total. The highest BCUT2D eigenvalue weighted by molar-refractivity contribution is 5.22. The van der Waals surface area contributed by atoms with Crippen LogP contribution >= 0.6 is 0 Å². The molecule has 1 aromatic carbocycles. The van der Waals surface area contributed by atoms with Gasteiger partial charge in [-0.2, -0.15) is 4.98 Å². The Hall–Kier alpha value is -1.82. The van der Waals surface area contributed by atoms with Gasteiger partial charge in [-0.25, -0.2) is 8.78 Å². The van der Waals surface area contributed by atoms with E-state index in [0.29, 0.717) is 12.2 Å². The van der Waals surface area contributed by atoms with Gasteiger partial charge in [-0.3, -0.25) is 0 Å². The van der Waals surface area contributed by atoms with Crippen molar-refractivity contribution in [3.8, 4) is 0 Å². The number of hydrogen-bond donors (Lipinski definition) is 1. The van der Waals surface area contributed by atoms with Crippen LogP contribution in [0.4, 0.5) is 8.78 Å². The summed E-state index contributed by atoms with van der Waals surface area (Å²) in [4.78, 5) is 4.12. The number of benzene rings is 1. The van der Waals surface area contributed by atoms with Crippen LogP contribution in [-0.2, 0) is 12.8 Å². The highest BCUT2D eigenvalue weighted by atomic mass is 19.1. The van der Waals surface area contributed by atoms with Crippen LogP contribution in [0.25, 0.3) is 0 Å². The summed E-state index contributed by atoms with van der Waals surface area (Å²) in [6, 6.07) is 3.94. The Morgan fingerprint density at radius 3 is 2.63 bits per heavy atom. The molecule has 102 valence electrons. The normalized spacial score (nSPS) is 12.6. The van der Waals surface area contributed by atoms with Gasteiger partial charge in [0, 0.05) is 18.0 Å². The lowest BCUT2D eigenvalue weighted by Gasteiger charge is -2.04. The Morgan fingerprint density at radius 2 is 2.00 bits per heavy atom. The number of likely N-dealkylation sites (N-methyl/N-ethyl adjacent to an activating group) is 1. The lowest BCUT2D eigenvalue weighted by molar-refractivity contribution is 0.374. The third-order valence-corrected chi connectivity index (χ3v) is 2.88. The van der Waals surface area contributed by atoms with E-state index < -0.39 is 11.6 Å². The first kappa shape index (κ1) is 13.6. The number of rotatable bonds is 5. The summed E-state index contributed by atoms with van der Waals surface area (Å²) < 4.78 is 31.9. The van der Waals surface area contributed by atoms with Crippen molar-refractivity contribution < 1.29 is 13.3 Å². The van der Waals surface area contributed by atoms with Crippen molar-refractivity contribution in [2.45, 2.75) is 25.8 Å². The summed E-state index contributed by atoms with van der Waals surface area (Å²) in [5.41, 5.74) is -0.0561. The average molecular weight is 267 g/mol. The van der Waals surface area contributed by atoms with E-state index in [1.54, 1.807) is 0 Å². The topological polar surface area (TPSA) is 51.0 Å². The predicted molar refractivity (Wildman–Crippen MR) is 65.7 cm³/mol. The molecule has 1 heterocycles. The Balaban J connectivity index is 2.12. The van der Waals surface area contributed by atoms with Crippen LogP contribution in [0.1, 0.15) is 24.2 Å². The van der Waals surface area contributed by atoms with Gasteiger partial charge in [-0.1, -0.05) is 11.2 Å². The Bertz CT molecular complexity index is 536. The maximum atomic E-state index is 13.5. The van der Waals surface area contributed by atoms with Gasteiger partial charge >= 0.3 is 0 Å². The van der Waals surface area contributed by atoms with Gasteiger partial charge in [0.15, 0.2) is 5.82 Å². The van der Waals surface area contributed by atoms with Crippen molar-refractivity contribution in [1.82, 2.24) is 15.5 Å². The predicted octanol–water partition coefficient (Wildman–Crippen LogP) is 2.09. The summed E-state index contributed by atoms with van der Waals surface area (Å²) in [6.07, 6.45) is 0.555. The number of halogens is 2. The van der Waals surface area contributed by atoms with E-state index >= 15 is 0 Å². The molecule has 0 aliphatic rings. The van der Waals surface area contributed by atoms with Crippen LogP contribution < -0.4 is 5.32 Å². The van der Waals surface area contributed by atoms with E-state index in [-0.39, 0.29) is 23.9 Å². The van der Waals surface area contributed by atoms with Gasteiger partial charge < -0.3 is 9.84 Å². The van der Waals surface area contributed by atoms with Gasteiger partial charge in [0.25, 0.3) is 0 Å². The first-order valence-electron chi connectivity index (χ1n) is 6.01. The molecule has 1 unspecified atom stereocenters. The zero-order valence-electron chi connectivity index (χ0n) is 10.8. The zero-order chi connectivity index (χ0) is 13.8. The summed E-state index contributed by atoms with van der Waals surface area (Å²) in [6.45, 7) is 1.98. The highest BCUT2D eigenvalue weighted by Crippen LogP contribution is 2.16. The fraction of sp³-hybridized carbons (Fsp3) is 0.385. The summed E-state index contributed by atoms with van der Waals surface area (Å²) in [7, 11) is 1.83. The number of nitrogens with one attached hydrogen (secondary N) is 1. The molecule has 0 aliphatic carbocycles.